The summed E-state index contributed by atoms with van der Waals surface area (Å²) < 4.78 is 3.46. The van der Waals surface area contributed by atoms with Gasteiger partial charge >= 0.3 is 0 Å². The minimum atomic E-state index is 0.113. The maximum atomic E-state index is 13.0. The van der Waals surface area contributed by atoms with Gasteiger partial charge in [-0.3, -0.25) is 4.79 Å². The minimum Gasteiger partial charge on any atom is -0.336 e. The molecule has 124 valence electrons. The maximum Gasteiger partial charge on any atom is 0.270 e. The minimum absolute atomic E-state index is 0.113. The highest BCUT2D eigenvalue weighted by molar-refractivity contribution is 7.17. The smallest absolute Gasteiger partial charge is 0.270 e. The van der Waals surface area contributed by atoms with Crippen molar-refractivity contribution in [1.82, 2.24) is 9.47 Å². The van der Waals surface area contributed by atoms with Crippen molar-refractivity contribution in [3.63, 3.8) is 0 Å². The second kappa shape index (κ2) is 6.44. The van der Waals surface area contributed by atoms with Crippen LogP contribution in [0.4, 0.5) is 0 Å². The van der Waals surface area contributed by atoms with Crippen LogP contribution < -0.4 is 0 Å². The molecule has 1 aliphatic rings. The molecule has 1 aromatic carbocycles. The lowest BCUT2D eigenvalue weighted by Gasteiger charge is -2.27. The third-order valence-electron chi connectivity index (χ3n) is 5.02. The first-order valence-corrected chi connectivity index (χ1v) is 9.46. The maximum absolute atomic E-state index is 13.0. The van der Waals surface area contributed by atoms with E-state index in [4.69, 9.17) is 0 Å². The Hall–Kier alpha value is -2.07. The average molecular weight is 338 g/mol. The molecule has 0 saturated heterocycles. The lowest BCUT2D eigenvalue weighted by atomic mass is 9.85. The van der Waals surface area contributed by atoms with E-state index in [1.165, 1.54) is 29.5 Å². The molecule has 4 heteroatoms. The fourth-order valence-electron chi connectivity index (χ4n) is 3.41. The number of hydrogen-bond acceptors (Lipinski definition) is 2. The third kappa shape index (κ3) is 2.86. The predicted molar refractivity (Wildman–Crippen MR) is 99.4 cm³/mol. The molecule has 0 unspecified atom stereocenters. The summed E-state index contributed by atoms with van der Waals surface area (Å²) in [7, 11) is 1.89. The van der Waals surface area contributed by atoms with Gasteiger partial charge in [0.25, 0.3) is 5.91 Å². The topological polar surface area (TPSA) is 25.2 Å². The van der Waals surface area contributed by atoms with Crippen LogP contribution in [0.2, 0.25) is 0 Å². The van der Waals surface area contributed by atoms with Gasteiger partial charge in [0.1, 0.15) is 5.69 Å². The van der Waals surface area contributed by atoms with Gasteiger partial charge in [0.15, 0.2) is 0 Å². The van der Waals surface area contributed by atoms with Crippen molar-refractivity contribution in [3.05, 3.63) is 59.1 Å². The molecule has 0 bridgehead atoms. The zero-order valence-corrected chi connectivity index (χ0v) is 14.8. The Bertz CT molecular complexity index is 845. The Morgan fingerprint density at radius 2 is 2.04 bits per heavy atom. The number of benzene rings is 1. The molecule has 1 fully saturated rings. The molecular formula is C20H22N2OS. The van der Waals surface area contributed by atoms with Crippen molar-refractivity contribution in [1.29, 1.82) is 0 Å². The van der Waals surface area contributed by atoms with Crippen molar-refractivity contribution in [2.24, 2.45) is 5.92 Å². The van der Waals surface area contributed by atoms with Crippen LogP contribution in [0, 0.1) is 5.92 Å². The van der Waals surface area contributed by atoms with E-state index in [9.17, 15) is 4.79 Å². The molecule has 2 heterocycles. The summed E-state index contributed by atoms with van der Waals surface area (Å²) in [4.78, 5) is 14.9. The number of aromatic nitrogens is 1. The number of nitrogens with zero attached hydrogens (tertiary/aromatic N) is 2. The molecule has 0 radical (unpaired) electrons. The SMILES string of the molecule is CN(Cc1ccccc1)C(=O)c1cc2sccc2n1CC1CCC1. The first-order valence-electron chi connectivity index (χ1n) is 8.58. The highest BCUT2D eigenvalue weighted by Crippen LogP contribution is 2.32. The van der Waals surface area contributed by atoms with E-state index >= 15 is 0 Å². The number of amides is 1. The molecule has 2 aromatic heterocycles. The summed E-state index contributed by atoms with van der Waals surface area (Å²) >= 11 is 1.72. The molecule has 1 aliphatic carbocycles. The fourth-order valence-corrected chi connectivity index (χ4v) is 4.23. The van der Waals surface area contributed by atoms with Crippen LogP contribution in [0.25, 0.3) is 10.2 Å². The van der Waals surface area contributed by atoms with Crippen LogP contribution in [0.3, 0.4) is 0 Å². The van der Waals surface area contributed by atoms with E-state index in [1.54, 1.807) is 11.3 Å². The normalized spacial score (nSPS) is 14.7. The van der Waals surface area contributed by atoms with Gasteiger partial charge < -0.3 is 9.47 Å². The second-order valence-corrected chi connectivity index (χ2v) is 7.70. The summed E-state index contributed by atoms with van der Waals surface area (Å²) in [5.41, 5.74) is 3.21. The lowest BCUT2D eigenvalue weighted by Crippen LogP contribution is -2.29. The van der Waals surface area contributed by atoms with Gasteiger partial charge in [0.05, 0.1) is 10.2 Å². The highest BCUT2D eigenvalue weighted by Gasteiger charge is 2.24. The molecular weight excluding hydrogens is 316 g/mol. The monoisotopic (exact) mass is 338 g/mol. The second-order valence-electron chi connectivity index (χ2n) is 6.75. The van der Waals surface area contributed by atoms with E-state index in [-0.39, 0.29) is 5.91 Å². The molecule has 3 nitrogen and oxygen atoms in total. The van der Waals surface area contributed by atoms with Gasteiger partial charge in [-0.15, -0.1) is 11.3 Å². The Kier molecular flexibility index (Phi) is 4.15. The van der Waals surface area contributed by atoms with Crippen LogP contribution in [-0.2, 0) is 13.1 Å². The summed E-state index contributed by atoms with van der Waals surface area (Å²) in [6.45, 7) is 1.61. The number of fused-ring (bicyclic) bond motifs is 1. The number of hydrogen-bond donors (Lipinski definition) is 0. The van der Waals surface area contributed by atoms with Gasteiger partial charge in [0, 0.05) is 20.1 Å². The van der Waals surface area contributed by atoms with Gasteiger partial charge in [-0.2, -0.15) is 0 Å². The summed E-state index contributed by atoms with van der Waals surface area (Å²) in [5.74, 6) is 0.841. The number of thiophene rings is 1. The van der Waals surface area contributed by atoms with Crippen LogP contribution >= 0.6 is 11.3 Å². The molecule has 4 rings (SSSR count). The third-order valence-corrected chi connectivity index (χ3v) is 5.87. The van der Waals surface area contributed by atoms with E-state index in [1.807, 2.05) is 30.1 Å². The Labute approximate surface area is 146 Å². The first-order chi connectivity index (χ1) is 11.7. The van der Waals surface area contributed by atoms with E-state index < -0.39 is 0 Å². The number of carbonyl (C=O) groups is 1. The summed E-state index contributed by atoms with van der Waals surface area (Å²) in [5, 5.41) is 2.11. The van der Waals surface area contributed by atoms with Crippen LogP contribution in [0.1, 0.15) is 35.3 Å². The van der Waals surface area contributed by atoms with Gasteiger partial charge in [-0.05, 0) is 41.8 Å². The van der Waals surface area contributed by atoms with Crippen molar-refractivity contribution >= 4 is 27.5 Å². The zero-order chi connectivity index (χ0) is 16.5. The molecule has 1 saturated carbocycles. The molecule has 3 aromatic rings. The quantitative estimate of drug-likeness (QED) is 0.657. The van der Waals surface area contributed by atoms with Gasteiger partial charge in [-0.1, -0.05) is 36.8 Å². The van der Waals surface area contributed by atoms with Crippen LogP contribution in [0.5, 0.6) is 0 Å². The molecule has 0 N–H and O–H groups in total. The zero-order valence-electron chi connectivity index (χ0n) is 13.9. The number of carbonyl (C=O) groups excluding carboxylic acids is 1. The average Bonchev–Trinajstić information content (AvgIpc) is 3.12. The highest BCUT2D eigenvalue weighted by atomic mass is 32.1. The van der Waals surface area contributed by atoms with Crippen molar-refractivity contribution < 1.29 is 4.79 Å². The molecule has 0 spiro atoms. The molecule has 0 aliphatic heterocycles. The van der Waals surface area contributed by atoms with E-state index in [2.05, 4.69) is 34.2 Å². The Morgan fingerprint density at radius 3 is 2.75 bits per heavy atom. The van der Waals surface area contributed by atoms with Crippen molar-refractivity contribution in [3.8, 4) is 0 Å². The fraction of sp³-hybridized carbons (Fsp3) is 0.350. The van der Waals surface area contributed by atoms with E-state index in [0.29, 0.717) is 6.54 Å². The van der Waals surface area contributed by atoms with Gasteiger partial charge in [0.2, 0.25) is 0 Å². The van der Waals surface area contributed by atoms with Crippen molar-refractivity contribution in [2.75, 3.05) is 7.05 Å². The number of rotatable bonds is 5. The molecule has 0 atom stereocenters. The lowest BCUT2D eigenvalue weighted by molar-refractivity contribution is 0.0772. The molecule has 1 amide bonds. The van der Waals surface area contributed by atoms with Crippen LogP contribution in [-0.4, -0.2) is 22.4 Å². The predicted octanol–water partition coefficient (Wildman–Crippen LogP) is 4.78. The summed E-state index contributed by atoms with van der Waals surface area (Å²) in [6.07, 6.45) is 3.91. The standard InChI is InChI=1S/C20H22N2OS/c1-21(13-15-6-3-2-4-7-15)20(23)18-12-19-17(10-11-24-19)22(18)14-16-8-5-9-16/h2-4,6-7,10-12,16H,5,8-9,13-14H2,1H3. The molecule has 24 heavy (non-hydrogen) atoms. The summed E-state index contributed by atoms with van der Waals surface area (Å²) in [6, 6.07) is 14.4. The van der Waals surface area contributed by atoms with Gasteiger partial charge in [-0.25, -0.2) is 0 Å². The Morgan fingerprint density at radius 1 is 1.25 bits per heavy atom. The van der Waals surface area contributed by atoms with Crippen molar-refractivity contribution in [2.45, 2.75) is 32.4 Å². The largest absolute Gasteiger partial charge is 0.336 e. The Balaban J connectivity index is 1.60. The first kappa shape index (κ1) is 15.5. The van der Waals surface area contributed by atoms with Crippen LogP contribution in [0.15, 0.2) is 47.8 Å². The van der Waals surface area contributed by atoms with E-state index in [0.717, 1.165) is 23.7 Å².